The number of ether oxygens (including phenoxy) is 1. The molecule has 0 aliphatic carbocycles. The van der Waals surface area contributed by atoms with Crippen LogP contribution in [-0.4, -0.2) is 0 Å². The van der Waals surface area contributed by atoms with E-state index in [0.29, 0.717) is 21.8 Å². The van der Waals surface area contributed by atoms with E-state index in [1.807, 2.05) is 61.5 Å². The van der Waals surface area contributed by atoms with Gasteiger partial charge in [0.05, 0.1) is 5.39 Å². The molecule has 0 N–H and O–H groups in total. The van der Waals surface area contributed by atoms with Crippen LogP contribution in [0.3, 0.4) is 0 Å². The summed E-state index contributed by atoms with van der Waals surface area (Å²) < 4.78 is 12.0. The molecule has 0 saturated carbocycles. The minimum absolute atomic E-state index is 0.183. The number of hydrogen-bond acceptors (Lipinski definition) is 3. The molecule has 1 aromatic heterocycles. The third-order valence-electron chi connectivity index (χ3n) is 4.34. The lowest BCUT2D eigenvalue weighted by molar-refractivity contribution is 0.298. The molecule has 3 nitrogen and oxygen atoms in total. The maximum atomic E-state index is 13.1. The molecule has 4 aromatic rings. The molecule has 3 aromatic carbocycles. The Hall–Kier alpha value is -3.04. The van der Waals surface area contributed by atoms with E-state index in [1.54, 1.807) is 18.2 Å². The van der Waals surface area contributed by atoms with Crippen LogP contribution in [0.25, 0.3) is 22.3 Å². The van der Waals surface area contributed by atoms with Gasteiger partial charge in [0.25, 0.3) is 0 Å². The molecule has 0 spiro atoms. The van der Waals surface area contributed by atoms with Crippen molar-refractivity contribution in [2.75, 3.05) is 0 Å². The lowest BCUT2D eigenvalue weighted by Crippen LogP contribution is -2.10. The fraction of sp³-hybridized carbons (Fsp3) is 0.0870. The Morgan fingerprint density at radius 2 is 1.70 bits per heavy atom. The van der Waals surface area contributed by atoms with Gasteiger partial charge in [-0.05, 0) is 54.4 Å². The highest BCUT2D eigenvalue weighted by atomic mass is 35.5. The maximum Gasteiger partial charge on any atom is 0.235 e. The standard InChI is InChI=1S/C23H17ClO3/c1-15-7-12-19-20(13-15)27-22(17-8-10-18(24)11-9-17)23(21(19)25)26-14-16-5-3-2-4-6-16/h2-13H,14H2,1H3. The van der Waals surface area contributed by atoms with Crippen molar-refractivity contribution in [2.24, 2.45) is 0 Å². The Bertz CT molecular complexity index is 1150. The summed E-state index contributed by atoms with van der Waals surface area (Å²) >= 11 is 6.00. The van der Waals surface area contributed by atoms with Crippen LogP contribution in [-0.2, 0) is 6.61 Å². The number of aryl methyl sites for hydroxylation is 1. The molecule has 134 valence electrons. The van der Waals surface area contributed by atoms with E-state index in [9.17, 15) is 4.79 Å². The molecule has 27 heavy (non-hydrogen) atoms. The smallest absolute Gasteiger partial charge is 0.235 e. The Labute approximate surface area is 161 Å². The number of rotatable bonds is 4. The average molecular weight is 377 g/mol. The predicted octanol–water partition coefficient (Wildman–Crippen LogP) is 6.00. The SMILES string of the molecule is Cc1ccc2c(=O)c(OCc3ccccc3)c(-c3ccc(Cl)cc3)oc2c1. The zero-order chi connectivity index (χ0) is 18.8. The number of hydrogen-bond donors (Lipinski definition) is 0. The molecule has 0 aliphatic rings. The van der Waals surface area contributed by atoms with Gasteiger partial charge in [0.15, 0.2) is 5.76 Å². The first-order chi connectivity index (χ1) is 13.1. The first-order valence-corrected chi connectivity index (χ1v) is 9.00. The monoisotopic (exact) mass is 376 g/mol. The van der Waals surface area contributed by atoms with E-state index in [4.69, 9.17) is 20.8 Å². The molecule has 0 saturated heterocycles. The van der Waals surface area contributed by atoms with E-state index in [-0.39, 0.29) is 17.8 Å². The quantitative estimate of drug-likeness (QED) is 0.438. The van der Waals surface area contributed by atoms with E-state index >= 15 is 0 Å². The molecule has 0 aliphatic heterocycles. The Kier molecular flexibility index (Phi) is 4.69. The fourth-order valence-corrected chi connectivity index (χ4v) is 3.06. The molecule has 4 heteroatoms. The topological polar surface area (TPSA) is 39.4 Å². The molecular formula is C23H17ClO3. The second-order valence-corrected chi connectivity index (χ2v) is 6.81. The van der Waals surface area contributed by atoms with Gasteiger partial charge >= 0.3 is 0 Å². The number of benzene rings is 3. The van der Waals surface area contributed by atoms with Gasteiger partial charge < -0.3 is 9.15 Å². The fourth-order valence-electron chi connectivity index (χ4n) is 2.94. The van der Waals surface area contributed by atoms with Crippen molar-refractivity contribution >= 4 is 22.6 Å². The molecule has 1 heterocycles. The van der Waals surface area contributed by atoms with Gasteiger partial charge in [0.2, 0.25) is 11.2 Å². The van der Waals surface area contributed by atoms with Gasteiger partial charge in [-0.1, -0.05) is 48.0 Å². The second-order valence-electron chi connectivity index (χ2n) is 6.37. The van der Waals surface area contributed by atoms with Crippen molar-refractivity contribution in [1.29, 1.82) is 0 Å². The van der Waals surface area contributed by atoms with Gasteiger partial charge in [0, 0.05) is 10.6 Å². The van der Waals surface area contributed by atoms with E-state index in [0.717, 1.165) is 16.7 Å². The zero-order valence-electron chi connectivity index (χ0n) is 14.7. The molecule has 0 atom stereocenters. The predicted molar refractivity (Wildman–Crippen MR) is 108 cm³/mol. The Morgan fingerprint density at radius 3 is 2.44 bits per heavy atom. The van der Waals surface area contributed by atoms with Crippen LogP contribution in [0.5, 0.6) is 5.75 Å². The molecule has 0 amide bonds. The molecule has 0 bridgehead atoms. The highest BCUT2D eigenvalue weighted by Crippen LogP contribution is 2.32. The van der Waals surface area contributed by atoms with Crippen molar-refractivity contribution in [3.63, 3.8) is 0 Å². The van der Waals surface area contributed by atoms with Crippen LogP contribution >= 0.6 is 11.6 Å². The number of halogens is 1. The summed E-state index contributed by atoms with van der Waals surface area (Å²) in [5.41, 5.74) is 3.09. The number of fused-ring (bicyclic) bond motifs is 1. The summed E-state index contributed by atoms with van der Waals surface area (Å²) in [6.45, 7) is 2.24. The van der Waals surface area contributed by atoms with Crippen molar-refractivity contribution in [3.05, 3.63) is 99.2 Å². The van der Waals surface area contributed by atoms with Crippen LogP contribution < -0.4 is 10.2 Å². The summed E-state index contributed by atoms with van der Waals surface area (Å²) in [6.07, 6.45) is 0. The summed E-state index contributed by atoms with van der Waals surface area (Å²) in [7, 11) is 0. The third-order valence-corrected chi connectivity index (χ3v) is 4.59. The average Bonchev–Trinajstić information content (AvgIpc) is 2.68. The van der Waals surface area contributed by atoms with E-state index in [1.165, 1.54) is 0 Å². The molecular weight excluding hydrogens is 360 g/mol. The highest BCUT2D eigenvalue weighted by molar-refractivity contribution is 6.30. The summed E-state index contributed by atoms with van der Waals surface area (Å²) in [4.78, 5) is 13.1. The lowest BCUT2D eigenvalue weighted by Gasteiger charge is -2.12. The minimum Gasteiger partial charge on any atom is -0.481 e. The summed E-state index contributed by atoms with van der Waals surface area (Å²) in [6, 6.07) is 22.4. The summed E-state index contributed by atoms with van der Waals surface area (Å²) in [5, 5.41) is 1.12. The van der Waals surface area contributed by atoms with Gasteiger partial charge in [0.1, 0.15) is 12.2 Å². The third kappa shape index (κ3) is 3.60. The first kappa shape index (κ1) is 17.4. The molecule has 0 radical (unpaired) electrons. The second kappa shape index (κ2) is 7.29. The van der Waals surface area contributed by atoms with Gasteiger partial charge in [-0.25, -0.2) is 0 Å². The van der Waals surface area contributed by atoms with E-state index < -0.39 is 0 Å². The Morgan fingerprint density at radius 1 is 0.963 bits per heavy atom. The van der Waals surface area contributed by atoms with Gasteiger partial charge in [-0.2, -0.15) is 0 Å². The Balaban J connectivity index is 1.87. The highest BCUT2D eigenvalue weighted by Gasteiger charge is 2.18. The maximum absolute atomic E-state index is 13.1. The molecule has 0 unspecified atom stereocenters. The van der Waals surface area contributed by atoms with Crippen LogP contribution in [0.4, 0.5) is 0 Å². The molecule has 0 fully saturated rings. The van der Waals surface area contributed by atoms with Crippen LogP contribution in [0, 0.1) is 6.92 Å². The van der Waals surface area contributed by atoms with Gasteiger partial charge in [-0.15, -0.1) is 0 Å². The summed E-state index contributed by atoms with van der Waals surface area (Å²) in [5.74, 6) is 0.614. The van der Waals surface area contributed by atoms with Crippen molar-refractivity contribution in [3.8, 4) is 17.1 Å². The van der Waals surface area contributed by atoms with Crippen LogP contribution in [0.1, 0.15) is 11.1 Å². The van der Waals surface area contributed by atoms with Crippen molar-refractivity contribution in [1.82, 2.24) is 0 Å². The van der Waals surface area contributed by atoms with Crippen LogP contribution in [0.2, 0.25) is 5.02 Å². The van der Waals surface area contributed by atoms with Crippen LogP contribution in [0.15, 0.2) is 82.0 Å². The van der Waals surface area contributed by atoms with Crippen molar-refractivity contribution < 1.29 is 9.15 Å². The lowest BCUT2D eigenvalue weighted by atomic mass is 10.1. The van der Waals surface area contributed by atoms with Gasteiger partial charge in [-0.3, -0.25) is 4.79 Å². The minimum atomic E-state index is -0.183. The first-order valence-electron chi connectivity index (χ1n) is 8.62. The van der Waals surface area contributed by atoms with Crippen molar-refractivity contribution in [2.45, 2.75) is 13.5 Å². The molecule has 4 rings (SSSR count). The van der Waals surface area contributed by atoms with E-state index in [2.05, 4.69) is 0 Å². The normalized spacial score (nSPS) is 10.9. The largest absolute Gasteiger partial charge is 0.481 e. The zero-order valence-corrected chi connectivity index (χ0v) is 15.5.